The van der Waals surface area contributed by atoms with Crippen molar-refractivity contribution >= 4 is 35.1 Å². The number of amides is 2. The summed E-state index contributed by atoms with van der Waals surface area (Å²) in [5, 5.41) is 3.35. The monoisotopic (exact) mass is 414 g/mol. The molecule has 0 aromatic heterocycles. The SMILES string of the molecule is Cc1ccc(N2C[C@H](C(=O)OCC(=O)N[C@H](C)c3ccccc3)CC2=O)cc1Cl. The lowest BCUT2D eigenvalue weighted by Crippen LogP contribution is -2.32. The summed E-state index contributed by atoms with van der Waals surface area (Å²) in [5.41, 5.74) is 2.52. The first-order valence-electron chi connectivity index (χ1n) is 9.42. The van der Waals surface area contributed by atoms with Crippen molar-refractivity contribution in [3.63, 3.8) is 0 Å². The molecule has 7 heteroatoms. The average molecular weight is 415 g/mol. The predicted molar refractivity (Wildman–Crippen MR) is 111 cm³/mol. The summed E-state index contributed by atoms with van der Waals surface area (Å²) < 4.78 is 5.14. The molecule has 152 valence electrons. The highest BCUT2D eigenvalue weighted by atomic mass is 35.5. The zero-order valence-corrected chi connectivity index (χ0v) is 17.1. The Morgan fingerprint density at radius 3 is 2.66 bits per heavy atom. The molecule has 0 radical (unpaired) electrons. The molecule has 29 heavy (non-hydrogen) atoms. The van der Waals surface area contributed by atoms with E-state index in [1.54, 1.807) is 12.1 Å². The van der Waals surface area contributed by atoms with Crippen LogP contribution in [0.1, 0.15) is 30.5 Å². The highest BCUT2D eigenvalue weighted by molar-refractivity contribution is 6.31. The molecule has 2 aromatic carbocycles. The first-order chi connectivity index (χ1) is 13.8. The van der Waals surface area contributed by atoms with E-state index in [0.29, 0.717) is 10.7 Å². The van der Waals surface area contributed by atoms with Crippen molar-refractivity contribution in [3.8, 4) is 0 Å². The largest absolute Gasteiger partial charge is 0.455 e. The maximum atomic E-state index is 12.3. The summed E-state index contributed by atoms with van der Waals surface area (Å²) in [4.78, 5) is 38.3. The lowest BCUT2D eigenvalue weighted by atomic mass is 10.1. The Labute approximate surface area is 174 Å². The van der Waals surface area contributed by atoms with Gasteiger partial charge in [0.05, 0.1) is 12.0 Å². The minimum absolute atomic E-state index is 0.0480. The van der Waals surface area contributed by atoms with Crippen molar-refractivity contribution in [2.45, 2.75) is 26.3 Å². The van der Waals surface area contributed by atoms with Gasteiger partial charge in [-0.15, -0.1) is 0 Å². The lowest BCUT2D eigenvalue weighted by molar-refractivity contribution is -0.152. The van der Waals surface area contributed by atoms with Crippen molar-refractivity contribution in [1.29, 1.82) is 0 Å². The third-order valence-corrected chi connectivity index (χ3v) is 5.36. The van der Waals surface area contributed by atoms with E-state index in [4.69, 9.17) is 16.3 Å². The molecule has 1 heterocycles. The van der Waals surface area contributed by atoms with Gasteiger partial charge in [-0.1, -0.05) is 48.0 Å². The maximum absolute atomic E-state index is 12.3. The second-order valence-corrected chi connectivity index (χ2v) is 7.55. The molecule has 3 rings (SSSR count). The summed E-state index contributed by atoms with van der Waals surface area (Å²) in [5.74, 6) is -1.72. The van der Waals surface area contributed by atoms with Gasteiger partial charge in [-0.25, -0.2) is 0 Å². The minimum atomic E-state index is -0.609. The van der Waals surface area contributed by atoms with Crippen LogP contribution < -0.4 is 10.2 Å². The Balaban J connectivity index is 1.51. The fraction of sp³-hybridized carbons (Fsp3) is 0.318. The van der Waals surface area contributed by atoms with Crippen LogP contribution in [0.4, 0.5) is 5.69 Å². The molecule has 1 N–H and O–H groups in total. The van der Waals surface area contributed by atoms with Crippen molar-refractivity contribution in [1.82, 2.24) is 5.32 Å². The van der Waals surface area contributed by atoms with Crippen LogP contribution in [0.25, 0.3) is 0 Å². The smallest absolute Gasteiger partial charge is 0.311 e. The number of anilines is 1. The number of esters is 1. The number of aryl methyl sites for hydroxylation is 1. The first kappa shape index (κ1) is 20.9. The molecule has 0 saturated carbocycles. The van der Waals surface area contributed by atoms with E-state index in [0.717, 1.165) is 11.1 Å². The number of hydrogen-bond donors (Lipinski definition) is 1. The Morgan fingerprint density at radius 1 is 1.24 bits per heavy atom. The number of nitrogens with zero attached hydrogens (tertiary/aromatic N) is 1. The number of ether oxygens (including phenoxy) is 1. The van der Waals surface area contributed by atoms with Crippen LogP contribution in [0.2, 0.25) is 5.02 Å². The molecule has 0 aliphatic carbocycles. The highest BCUT2D eigenvalue weighted by Gasteiger charge is 2.36. The normalized spacial score (nSPS) is 17.1. The van der Waals surface area contributed by atoms with Crippen molar-refractivity contribution in [2.24, 2.45) is 5.92 Å². The number of benzene rings is 2. The van der Waals surface area contributed by atoms with E-state index >= 15 is 0 Å². The zero-order chi connectivity index (χ0) is 21.0. The fourth-order valence-electron chi connectivity index (χ4n) is 3.23. The molecule has 0 bridgehead atoms. The molecule has 1 aliphatic rings. The van der Waals surface area contributed by atoms with Crippen molar-refractivity contribution in [2.75, 3.05) is 18.1 Å². The van der Waals surface area contributed by atoms with Crippen LogP contribution in [0, 0.1) is 12.8 Å². The van der Waals surface area contributed by atoms with Crippen LogP contribution in [-0.4, -0.2) is 30.9 Å². The van der Waals surface area contributed by atoms with Crippen LogP contribution in [0.15, 0.2) is 48.5 Å². The van der Waals surface area contributed by atoms with E-state index in [9.17, 15) is 14.4 Å². The number of nitrogens with one attached hydrogen (secondary N) is 1. The van der Waals surface area contributed by atoms with E-state index < -0.39 is 11.9 Å². The molecule has 6 nitrogen and oxygen atoms in total. The summed E-state index contributed by atoms with van der Waals surface area (Å²) in [6.07, 6.45) is 0.0480. The van der Waals surface area contributed by atoms with Gasteiger partial charge in [-0.2, -0.15) is 0 Å². The lowest BCUT2D eigenvalue weighted by Gasteiger charge is -2.17. The van der Waals surface area contributed by atoms with Gasteiger partial charge in [-0.05, 0) is 37.1 Å². The van der Waals surface area contributed by atoms with Crippen LogP contribution in [0.3, 0.4) is 0 Å². The second-order valence-electron chi connectivity index (χ2n) is 7.15. The van der Waals surface area contributed by atoms with Gasteiger partial charge in [-0.3, -0.25) is 14.4 Å². The molecule has 1 fully saturated rings. The third-order valence-electron chi connectivity index (χ3n) is 4.95. The van der Waals surface area contributed by atoms with Gasteiger partial charge in [0.1, 0.15) is 0 Å². The van der Waals surface area contributed by atoms with Gasteiger partial charge in [0.15, 0.2) is 6.61 Å². The minimum Gasteiger partial charge on any atom is -0.455 e. The number of halogens is 1. The summed E-state index contributed by atoms with van der Waals surface area (Å²) >= 11 is 6.14. The van der Waals surface area contributed by atoms with Gasteiger partial charge in [0.2, 0.25) is 5.91 Å². The molecule has 2 atom stereocenters. The Kier molecular flexibility index (Phi) is 6.54. The first-order valence-corrected chi connectivity index (χ1v) is 9.80. The van der Waals surface area contributed by atoms with Crippen LogP contribution in [0.5, 0.6) is 0 Å². The summed E-state index contributed by atoms with van der Waals surface area (Å²) in [7, 11) is 0. The number of carbonyl (C=O) groups excluding carboxylic acids is 3. The van der Waals surface area contributed by atoms with Crippen molar-refractivity contribution in [3.05, 3.63) is 64.7 Å². The third kappa shape index (κ3) is 5.15. The van der Waals surface area contributed by atoms with Crippen LogP contribution in [-0.2, 0) is 19.1 Å². The van der Waals surface area contributed by atoms with E-state index in [1.165, 1.54) is 4.90 Å². The number of hydrogen-bond acceptors (Lipinski definition) is 4. The van der Waals surface area contributed by atoms with Gasteiger partial charge in [0, 0.05) is 23.7 Å². The maximum Gasteiger partial charge on any atom is 0.311 e. The Bertz CT molecular complexity index is 916. The summed E-state index contributed by atoms with van der Waals surface area (Å²) in [6.45, 7) is 3.56. The number of rotatable bonds is 6. The van der Waals surface area contributed by atoms with E-state index in [2.05, 4.69) is 5.32 Å². The average Bonchev–Trinajstić information content (AvgIpc) is 3.10. The Morgan fingerprint density at radius 2 is 1.97 bits per heavy atom. The van der Waals surface area contributed by atoms with Crippen LogP contribution >= 0.6 is 11.6 Å². The molecular formula is C22H23ClN2O4. The van der Waals surface area contributed by atoms with Gasteiger partial charge >= 0.3 is 5.97 Å². The predicted octanol–water partition coefficient (Wildman–Crippen LogP) is 3.42. The van der Waals surface area contributed by atoms with Gasteiger partial charge in [0.25, 0.3) is 5.91 Å². The standard InChI is InChI=1S/C22H23ClN2O4/c1-14-8-9-18(11-19(14)23)25-12-17(10-21(25)27)22(28)29-13-20(26)24-15(2)16-6-4-3-5-7-16/h3-9,11,15,17H,10,12-13H2,1-2H3,(H,24,26)/t15-,17-/m1/s1. The van der Waals surface area contributed by atoms with E-state index in [-0.39, 0.29) is 37.4 Å². The fourth-order valence-corrected chi connectivity index (χ4v) is 3.40. The van der Waals surface area contributed by atoms with Gasteiger partial charge < -0.3 is 15.0 Å². The molecule has 2 amide bonds. The second kappa shape index (κ2) is 9.09. The molecular weight excluding hydrogens is 392 g/mol. The van der Waals surface area contributed by atoms with Crippen molar-refractivity contribution < 1.29 is 19.1 Å². The zero-order valence-electron chi connectivity index (χ0n) is 16.4. The Hall–Kier alpha value is -2.86. The molecule has 1 aliphatic heterocycles. The highest BCUT2D eigenvalue weighted by Crippen LogP contribution is 2.29. The quantitative estimate of drug-likeness (QED) is 0.735. The van der Waals surface area contributed by atoms with E-state index in [1.807, 2.05) is 50.2 Å². The number of carbonyl (C=O) groups is 3. The molecule has 2 aromatic rings. The molecule has 0 spiro atoms. The summed E-state index contributed by atoms with van der Waals surface area (Å²) in [6, 6.07) is 14.6. The molecule has 1 saturated heterocycles. The molecule has 0 unspecified atom stereocenters. The topological polar surface area (TPSA) is 75.7 Å².